The van der Waals surface area contributed by atoms with Gasteiger partial charge >= 0.3 is 0 Å². The number of benzene rings is 1. The van der Waals surface area contributed by atoms with Gasteiger partial charge in [0.05, 0.1) is 18.8 Å². The number of ketones is 1. The zero-order valence-electron chi connectivity index (χ0n) is 14.7. The summed E-state index contributed by atoms with van der Waals surface area (Å²) in [6.07, 6.45) is 0. The maximum atomic E-state index is 12.8. The molecule has 0 aliphatic heterocycles. The van der Waals surface area contributed by atoms with Gasteiger partial charge in [-0.05, 0) is 37.0 Å². The number of anilines is 1. The van der Waals surface area contributed by atoms with Gasteiger partial charge in [-0.25, -0.2) is 0 Å². The van der Waals surface area contributed by atoms with Crippen molar-refractivity contribution in [3.05, 3.63) is 23.8 Å². The Morgan fingerprint density at radius 1 is 1.14 bits per heavy atom. The van der Waals surface area contributed by atoms with E-state index in [1.807, 2.05) is 6.92 Å². The first kappa shape index (κ1) is 18.5. The number of hydrogen-bond donors (Lipinski definition) is 1. The zero-order valence-corrected chi connectivity index (χ0v) is 14.7. The number of carbonyl (C=O) groups is 1. The van der Waals surface area contributed by atoms with E-state index >= 15 is 0 Å². The van der Waals surface area contributed by atoms with Crippen LogP contribution in [-0.4, -0.2) is 36.9 Å². The van der Waals surface area contributed by atoms with E-state index in [-0.39, 0.29) is 11.8 Å². The Balaban J connectivity index is 2.94. The third kappa shape index (κ3) is 5.02. The Morgan fingerprint density at radius 2 is 1.68 bits per heavy atom. The maximum absolute atomic E-state index is 12.8. The van der Waals surface area contributed by atoms with Gasteiger partial charge in [0, 0.05) is 18.7 Å². The van der Waals surface area contributed by atoms with Crippen molar-refractivity contribution >= 4 is 11.5 Å². The molecule has 0 aliphatic carbocycles. The van der Waals surface area contributed by atoms with E-state index in [1.165, 1.54) is 0 Å². The van der Waals surface area contributed by atoms with E-state index in [1.54, 1.807) is 25.3 Å². The van der Waals surface area contributed by atoms with Gasteiger partial charge in [0.15, 0.2) is 5.78 Å². The second-order valence-electron chi connectivity index (χ2n) is 6.74. The molecule has 0 amide bonds. The van der Waals surface area contributed by atoms with Gasteiger partial charge in [-0.15, -0.1) is 0 Å². The summed E-state index contributed by atoms with van der Waals surface area (Å²) >= 11 is 0. The minimum atomic E-state index is -0.155. The highest BCUT2D eigenvalue weighted by Gasteiger charge is 2.24. The Kier molecular flexibility index (Phi) is 6.88. The molecule has 0 fully saturated rings. The van der Waals surface area contributed by atoms with Crippen molar-refractivity contribution in [3.63, 3.8) is 0 Å². The number of ether oxygens (including phenoxy) is 1. The smallest absolute Gasteiger partial charge is 0.179 e. The van der Waals surface area contributed by atoms with Gasteiger partial charge in [-0.2, -0.15) is 0 Å². The van der Waals surface area contributed by atoms with Crippen molar-refractivity contribution in [1.29, 1.82) is 0 Å². The van der Waals surface area contributed by atoms with Crippen molar-refractivity contribution in [2.45, 2.75) is 40.7 Å². The summed E-state index contributed by atoms with van der Waals surface area (Å²) in [5, 5.41) is 0. The number of hydrogen-bond acceptors (Lipinski definition) is 4. The standard InChI is InChI=1S/C18H30N2O2/c1-12(2)10-20(11-13(3)4)14(5)18(21)15-7-8-17(22-6)16(19)9-15/h7-9,12-14H,10-11,19H2,1-6H3. The lowest BCUT2D eigenvalue weighted by Gasteiger charge is -2.31. The Hall–Kier alpha value is -1.55. The molecule has 0 aliphatic rings. The summed E-state index contributed by atoms with van der Waals surface area (Å²) in [5.74, 6) is 1.76. The molecule has 2 N–H and O–H groups in total. The third-order valence-corrected chi connectivity index (χ3v) is 3.64. The maximum Gasteiger partial charge on any atom is 0.179 e. The monoisotopic (exact) mass is 306 g/mol. The molecule has 1 unspecified atom stereocenters. The van der Waals surface area contributed by atoms with Gasteiger partial charge < -0.3 is 10.5 Å². The largest absolute Gasteiger partial charge is 0.495 e. The van der Waals surface area contributed by atoms with Gasteiger partial charge in [-0.1, -0.05) is 27.7 Å². The highest BCUT2D eigenvalue weighted by atomic mass is 16.5. The number of rotatable bonds is 8. The Bertz CT molecular complexity index is 488. The molecule has 124 valence electrons. The quantitative estimate of drug-likeness (QED) is 0.590. The molecule has 4 nitrogen and oxygen atoms in total. The molecule has 0 aromatic heterocycles. The van der Waals surface area contributed by atoms with Crippen LogP contribution in [0.1, 0.15) is 45.0 Å². The predicted molar refractivity (Wildman–Crippen MR) is 92.4 cm³/mol. The molecule has 22 heavy (non-hydrogen) atoms. The van der Waals surface area contributed by atoms with Crippen molar-refractivity contribution in [1.82, 2.24) is 4.90 Å². The number of methoxy groups -OCH3 is 1. The van der Waals surface area contributed by atoms with E-state index in [9.17, 15) is 4.79 Å². The van der Waals surface area contributed by atoms with E-state index in [4.69, 9.17) is 10.5 Å². The molecule has 0 heterocycles. The zero-order chi connectivity index (χ0) is 16.9. The molecule has 1 rings (SSSR count). The Morgan fingerprint density at radius 3 is 2.09 bits per heavy atom. The predicted octanol–water partition coefficient (Wildman–Crippen LogP) is 3.46. The fourth-order valence-electron chi connectivity index (χ4n) is 2.62. The topological polar surface area (TPSA) is 55.6 Å². The summed E-state index contributed by atoms with van der Waals surface area (Å²) in [6, 6.07) is 5.10. The van der Waals surface area contributed by atoms with Crippen LogP contribution >= 0.6 is 0 Å². The van der Waals surface area contributed by atoms with Gasteiger partial charge in [0.2, 0.25) is 0 Å². The Labute approximate surface area is 134 Å². The first-order valence-electron chi connectivity index (χ1n) is 7.98. The summed E-state index contributed by atoms with van der Waals surface area (Å²) in [5.41, 5.74) is 7.06. The number of Topliss-reactive ketones (excluding diaryl/α,β-unsaturated/α-hetero) is 1. The second-order valence-corrected chi connectivity index (χ2v) is 6.74. The van der Waals surface area contributed by atoms with Crippen LogP contribution < -0.4 is 10.5 Å². The molecule has 0 bridgehead atoms. The first-order valence-corrected chi connectivity index (χ1v) is 7.98. The first-order chi connectivity index (χ1) is 10.3. The average molecular weight is 306 g/mol. The molecule has 0 saturated heterocycles. The molecular formula is C18H30N2O2. The summed E-state index contributed by atoms with van der Waals surface area (Å²) in [7, 11) is 1.57. The minimum Gasteiger partial charge on any atom is -0.495 e. The van der Waals surface area contributed by atoms with Crippen molar-refractivity contribution < 1.29 is 9.53 Å². The van der Waals surface area contributed by atoms with Crippen molar-refractivity contribution in [2.75, 3.05) is 25.9 Å². The molecule has 1 aromatic carbocycles. The van der Waals surface area contributed by atoms with E-state index < -0.39 is 0 Å². The molecule has 1 atom stereocenters. The van der Waals surface area contributed by atoms with Gasteiger partial charge in [0.1, 0.15) is 5.75 Å². The van der Waals surface area contributed by atoms with Crippen LogP contribution in [0.15, 0.2) is 18.2 Å². The van der Waals surface area contributed by atoms with Gasteiger partial charge in [-0.3, -0.25) is 9.69 Å². The lowest BCUT2D eigenvalue weighted by molar-refractivity contribution is 0.0801. The molecule has 0 saturated carbocycles. The number of nitrogens with two attached hydrogens (primary N) is 1. The highest BCUT2D eigenvalue weighted by molar-refractivity contribution is 6.00. The van der Waals surface area contributed by atoms with E-state index in [2.05, 4.69) is 32.6 Å². The average Bonchev–Trinajstić information content (AvgIpc) is 2.43. The SMILES string of the molecule is COc1ccc(C(=O)C(C)N(CC(C)C)CC(C)C)cc1N. The fraction of sp³-hybridized carbons (Fsp3) is 0.611. The van der Waals surface area contributed by atoms with Crippen molar-refractivity contribution in [2.24, 2.45) is 11.8 Å². The third-order valence-electron chi connectivity index (χ3n) is 3.64. The van der Waals surface area contributed by atoms with Crippen LogP contribution in [0.25, 0.3) is 0 Å². The lowest BCUT2D eigenvalue weighted by Crippen LogP contribution is -2.43. The van der Waals surface area contributed by atoms with Crippen LogP contribution in [0.4, 0.5) is 5.69 Å². The molecule has 1 aromatic rings. The van der Waals surface area contributed by atoms with Gasteiger partial charge in [0.25, 0.3) is 0 Å². The number of nitrogens with zero attached hydrogens (tertiary/aromatic N) is 1. The van der Waals surface area contributed by atoms with E-state index in [0.29, 0.717) is 28.8 Å². The minimum absolute atomic E-state index is 0.107. The summed E-state index contributed by atoms with van der Waals surface area (Å²) in [4.78, 5) is 15.0. The fourth-order valence-corrected chi connectivity index (χ4v) is 2.62. The molecular weight excluding hydrogens is 276 g/mol. The van der Waals surface area contributed by atoms with Crippen LogP contribution in [0.5, 0.6) is 5.75 Å². The second kappa shape index (κ2) is 8.18. The lowest BCUT2D eigenvalue weighted by atomic mass is 10.0. The van der Waals surface area contributed by atoms with E-state index in [0.717, 1.165) is 13.1 Å². The van der Waals surface area contributed by atoms with Crippen LogP contribution in [0, 0.1) is 11.8 Å². The molecule has 0 spiro atoms. The number of nitrogen functional groups attached to an aromatic ring is 1. The molecule has 4 heteroatoms. The van der Waals surface area contributed by atoms with Crippen LogP contribution in [0.3, 0.4) is 0 Å². The van der Waals surface area contributed by atoms with Crippen molar-refractivity contribution in [3.8, 4) is 5.75 Å². The highest BCUT2D eigenvalue weighted by Crippen LogP contribution is 2.23. The van der Waals surface area contributed by atoms with Crippen LogP contribution in [0.2, 0.25) is 0 Å². The molecule has 0 radical (unpaired) electrons. The summed E-state index contributed by atoms with van der Waals surface area (Å²) in [6.45, 7) is 12.5. The summed E-state index contributed by atoms with van der Waals surface area (Å²) < 4.78 is 5.15. The normalized spacial score (nSPS) is 13.0. The number of carbonyl (C=O) groups excluding carboxylic acids is 1. The van der Waals surface area contributed by atoms with Crippen LogP contribution in [-0.2, 0) is 0 Å².